The molecule has 76 heavy (non-hydrogen) atoms. The van der Waals surface area contributed by atoms with Crippen molar-refractivity contribution >= 4 is 114 Å². The molecule has 0 spiro atoms. The summed E-state index contributed by atoms with van der Waals surface area (Å²) < 4.78 is 490. The lowest BCUT2D eigenvalue weighted by molar-refractivity contribution is -0.0507. The third-order valence-electron chi connectivity index (χ3n) is 8.33. The van der Waals surface area contributed by atoms with Gasteiger partial charge in [0.2, 0.25) is 0 Å². The molecule has 0 unspecified atom stereocenters. The minimum Gasteiger partial charge on any atom is -0.375 e. The molecule has 0 aliphatic heterocycles. The average Bonchev–Trinajstić information content (AvgIpc) is 3.15. The van der Waals surface area contributed by atoms with Crippen molar-refractivity contribution in [3.8, 4) is 40.2 Å². The Balaban J connectivity index is 2.48. The minimum atomic E-state index is -7.94. The average molecular weight is 1290 g/mol. The molecule has 0 saturated carbocycles. The van der Waals surface area contributed by atoms with Crippen LogP contribution in [0.25, 0.3) is 43.1 Å². The number of hydrogen-bond acceptors (Lipinski definition) is 21. The molecule has 0 amide bonds. The molecule has 0 heterocycles. The number of halogens is 21. The first-order valence-electron chi connectivity index (χ1n) is 16.7. The van der Waals surface area contributed by atoms with Crippen LogP contribution in [0.15, 0.2) is 30.3 Å². The zero-order valence-corrected chi connectivity index (χ0v) is 39.0. The Morgan fingerprint density at radius 3 is 0.645 bits per heavy atom. The normalized spacial score (nSPS) is 14.9. The van der Waals surface area contributed by atoms with Crippen molar-refractivity contribution < 1.29 is 180 Å². The zero-order chi connectivity index (χ0) is 59.1. The molecule has 0 aliphatic rings. The Labute approximate surface area is 402 Å². The number of benzene rings is 5. The SMILES string of the molecule is O=S(=O)(Oc1ccc2c3c(OS(=O)(=O)C(F)(F)F)cc(OS(=O)(=O)C(F)(F)F)c4c(OS(=O)(=O)C(F)(F)F)cc(OS(=O)(=O)C(F)(F)F)c(c5c(OS(=O)(=O)C(F)(F)F)cc(OS(=O)(=O)C(F)(F)F)c1c25)c43)C(F)(F)F. The van der Waals surface area contributed by atoms with Crippen LogP contribution < -0.4 is 29.3 Å². The molecule has 21 nitrogen and oxygen atoms in total. The van der Waals surface area contributed by atoms with Gasteiger partial charge in [0.15, 0.2) is 40.2 Å². The summed E-state index contributed by atoms with van der Waals surface area (Å²) in [6.07, 6.45) is 0. The first-order chi connectivity index (χ1) is 33.3. The summed E-state index contributed by atoms with van der Waals surface area (Å²) in [6.45, 7) is 0. The van der Waals surface area contributed by atoms with Crippen LogP contribution >= 0.6 is 0 Å². The highest BCUT2D eigenvalue weighted by atomic mass is 32.2. The smallest absolute Gasteiger partial charge is 0.375 e. The van der Waals surface area contributed by atoms with Crippen LogP contribution in [0.4, 0.5) is 92.2 Å². The molecule has 49 heteroatoms. The quantitative estimate of drug-likeness (QED) is 0.0345. The van der Waals surface area contributed by atoms with Crippen LogP contribution in [0.3, 0.4) is 0 Å². The van der Waals surface area contributed by atoms with Crippen molar-refractivity contribution in [1.29, 1.82) is 0 Å². The molecule has 0 radical (unpaired) electrons. The van der Waals surface area contributed by atoms with Gasteiger partial charge in [-0.3, -0.25) is 0 Å². The van der Waals surface area contributed by atoms with Crippen LogP contribution in [-0.2, 0) is 70.8 Å². The predicted molar refractivity (Wildman–Crippen MR) is 197 cm³/mol. The molecule has 0 atom stereocenters. The van der Waals surface area contributed by atoms with Crippen LogP contribution in [0, 0.1) is 0 Å². The van der Waals surface area contributed by atoms with Crippen molar-refractivity contribution in [3.05, 3.63) is 30.3 Å². The van der Waals surface area contributed by atoms with Crippen molar-refractivity contribution in [2.45, 2.75) is 38.6 Å². The molecule has 428 valence electrons. The lowest BCUT2D eigenvalue weighted by atomic mass is 9.87. The van der Waals surface area contributed by atoms with E-state index in [4.69, 9.17) is 0 Å². The van der Waals surface area contributed by atoms with Crippen molar-refractivity contribution in [3.63, 3.8) is 0 Å². The van der Waals surface area contributed by atoms with Gasteiger partial charge in [-0.05, 0) is 17.5 Å². The molecule has 0 bridgehead atoms. The third-order valence-corrected chi connectivity index (χ3v) is 15.1. The summed E-state index contributed by atoms with van der Waals surface area (Å²) in [4.78, 5) is 0. The Kier molecular flexibility index (Phi) is 14.1. The van der Waals surface area contributed by atoms with Crippen LogP contribution in [0.1, 0.15) is 0 Å². The summed E-state index contributed by atoms with van der Waals surface area (Å²) in [6, 6.07) is -4.69. The van der Waals surface area contributed by atoms with Gasteiger partial charge in [-0.1, -0.05) is 0 Å². The minimum absolute atomic E-state index is 0.512. The molecule has 0 N–H and O–H groups in total. The van der Waals surface area contributed by atoms with E-state index < -0.39 is 223 Å². The second-order valence-corrected chi connectivity index (χ2v) is 24.0. The van der Waals surface area contributed by atoms with Crippen LogP contribution in [0.2, 0.25) is 0 Å². The van der Waals surface area contributed by atoms with Crippen molar-refractivity contribution in [2.24, 2.45) is 0 Å². The first kappa shape index (κ1) is 61.0. The Bertz CT molecular complexity index is 4010. The van der Waals surface area contributed by atoms with Gasteiger partial charge < -0.3 is 29.3 Å². The summed E-state index contributed by atoms with van der Waals surface area (Å²) >= 11 is 0. The fourth-order valence-corrected chi connectivity index (χ4v) is 8.83. The molecular weight excluding hydrogens is 1280 g/mol. The maximum absolute atomic E-state index is 14.0. The van der Waals surface area contributed by atoms with Crippen molar-refractivity contribution in [2.75, 3.05) is 0 Å². The lowest BCUT2D eigenvalue weighted by Crippen LogP contribution is -2.30. The van der Waals surface area contributed by atoms with E-state index in [-0.39, 0.29) is 0 Å². The summed E-state index contributed by atoms with van der Waals surface area (Å²) in [5, 5.41) is -20.8. The lowest BCUT2D eigenvalue weighted by Gasteiger charge is -2.25. The van der Waals surface area contributed by atoms with E-state index in [9.17, 15) is 151 Å². The molecule has 0 fully saturated rings. The fraction of sp³-hybridized carbons (Fsp3) is 0.259. The van der Waals surface area contributed by atoms with Gasteiger partial charge >= 0.3 is 109 Å². The molecular formula is C27H5F21O21S7. The van der Waals surface area contributed by atoms with Gasteiger partial charge in [-0.15, -0.1) is 0 Å². The first-order valence-corrected chi connectivity index (χ1v) is 26.6. The standard InChI is InChI=1S/C27H5F21O21S7/c28-21(29,30)70(49,50)63-7-2-1-6-14-8(64-71(51,52)22(31,32)33)3-10(66-73(55,56)24(37,38)39)17-11(67-74(57,58)25(40,41)42)5-13(69-76(61,62)27(46,47)48)19(20(14)17)18-12(68-75(59,60)26(43,44)45)4-9(16(7)15(6)18)65-72(53,54)23(34,35)36/h1-5H. The number of fused-ring (bicyclic) bond motifs is 2. The van der Waals surface area contributed by atoms with E-state index in [2.05, 4.69) is 29.3 Å². The van der Waals surface area contributed by atoms with Gasteiger partial charge in [0.1, 0.15) is 0 Å². The van der Waals surface area contributed by atoms with Crippen molar-refractivity contribution in [1.82, 2.24) is 0 Å². The van der Waals surface area contributed by atoms with E-state index >= 15 is 0 Å². The predicted octanol–water partition coefficient (Wildman–Crippen LogP) is 7.34. The van der Waals surface area contributed by atoms with Gasteiger partial charge in [-0.2, -0.15) is 151 Å². The third kappa shape index (κ3) is 10.8. The summed E-state index contributed by atoms with van der Waals surface area (Å²) in [5.41, 5.74) is -49.2. The molecule has 0 aromatic heterocycles. The highest BCUT2D eigenvalue weighted by Gasteiger charge is 2.56. The monoisotopic (exact) mass is 1290 g/mol. The molecule has 5 aromatic carbocycles. The van der Waals surface area contributed by atoms with E-state index in [1.165, 1.54) is 0 Å². The largest absolute Gasteiger partial charge is 0.534 e. The van der Waals surface area contributed by atoms with E-state index in [1.807, 2.05) is 0 Å². The van der Waals surface area contributed by atoms with Gasteiger partial charge in [0.25, 0.3) is 0 Å². The van der Waals surface area contributed by atoms with Gasteiger partial charge in [0.05, 0.1) is 10.8 Å². The summed E-state index contributed by atoms with van der Waals surface area (Å²) in [5.74, 6) is -20.5. The second kappa shape index (κ2) is 17.6. The Morgan fingerprint density at radius 2 is 0.408 bits per heavy atom. The van der Waals surface area contributed by atoms with E-state index in [0.717, 1.165) is 0 Å². The highest BCUT2D eigenvalue weighted by molar-refractivity contribution is 7.89. The van der Waals surface area contributed by atoms with Gasteiger partial charge in [0, 0.05) is 45.1 Å². The highest BCUT2D eigenvalue weighted by Crippen LogP contribution is 2.59. The topological polar surface area (TPSA) is 304 Å². The maximum atomic E-state index is 14.0. The molecule has 5 rings (SSSR count). The van der Waals surface area contributed by atoms with E-state index in [1.54, 1.807) is 0 Å². The van der Waals surface area contributed by atoms with Crippen LogP contribution in [0.5, 0.6) is 40.2 Å². The Morgan fingerprint density at radius 1 is 0.224 bits per heavy atom. The second-order valence-electron chi connectivity index (χ2n) is 13.2. The number of alkyl halides is 21. The molecule has 0 saturated heterocycles. The molecule has 5 aromatic rings. The fourth-order valence-electron chi connectivity index (χ4n) is 5.58. The number of rotatable bonds is 14. The zero-order valence-electron chi connectivity index (χ0n) is 33.3. The van der Waals surface area contributed by atoms with Gasteiger partial charge in [-0.25, -0.2) is 0 Å². The summed E-state index contributed by atoms with van der Waals surface area (Å²) in [7, 11) is -54.5. The Hall–Kier alpha value is -5.82. The van der Waals surface area contributed by atoms with E-state index in [0.29, 0.717) is 0 Å². The number of hydrogen-bond donors (Lipinski definition) is 0. The maximum Gasteiger partial charge on any atom is 0.534 e. The molecule has 0 aliphatic carbocycles. The van der Waals surface area contributed by atoms with Crippen LogP contribution in [-0.4, -0.2) is 97.5 Å².